The van der Waals surface area contributed by atoms with Crippen LogP contribution in [0.3, 0.4) is 0 Å². The van der Waals surface area contributed by atoms with Crippen LogP contribution in [0, 0.1) is 5.92 Å². The minimum Gasteiger partial charge on any atom is -0.493 e. The molecule has 138 valence electrons. The molecule has 5 nitrogen and oxygen atoms in total. The fourth-order valence-corrected chi connectivity index (χ4v) is 3.29. The lowest BCUT2D eigenvalue weighted by atomic mass is 9.95. The van der Waals surface area contributed by atoms with Gasteiger partial charge in [-0.2, -0.15) is 0 Å². The van der Waals surface area contributed by atoms with Gasteiger partial charge in [-0.3, -0.25) is 4.79 Å². The summed E-state index contributed by atoms with van der Waals surface area (Å²) in [5.41, 5.74) is 2.11. The van der Waals surface area contributed by atoms with Gasteiger partial charge in [0.05, 0.1) is 20.1 Å². The van der Waals surface area contributed by atoms with Crippen LogP contribution in [0.25, 0.3) is 0 Å². The molecule has 0 saturated carbocycles. The molecule has 0 fully saturated rings. The third-order valence-corrected chi connectivity index (χ3v) is 4.74. The van der Waals surface area contributed by atoms with Gasteiger partial charge in [-0.1, -0.05) is 24.3 Å². The molecule has 1 amide bonds. The number of para-hydroxylation sites is 1. The van der Waals surface area contributed by atoms with Crippen molar-refractivity contribution in [3.63, 3.8) is 0 Å². The van der Waals surface area contributed by atoms with Crippen LogP contribution in [0.1, 0.15) is 18.1 Å². The monoisotopic (exact) mass is 355 g/mol. The number of benzene rings is 2. The standard InChI is InChI=1S/C21H25NO4/c1-4-22(13-15-9-10-19(24-2)20(11-15)25-3)21(23)17-12-16-7-5-6-8-18(16)26-14-17/h5-11,17H,4,12-14H2,1-3H3. The second kappa shape index (κ2) is 8.13. The third kappa shape index (κ3) is 3.77. The van der Waals surface area contributed by atoms with Gasteiger partial charge in [0.15, 0.2) is 11.5 Å². The maximum absolute atomic E-state index is 13.0. The minimum atomic E-state index is -0.148. The van der Waals surface area contributed by atoms with Crippen LogP contribution in [0.4, 0.5) is 0 Å². The Morgan fingerprint density at radius 2 is 1.92 bits per heavy atom. The lowest BCUT2D eigenvalue weighted by Crippen LogP contribution is -2.40. The quantitative estimate of drug-likeness (QED) is 0.798. The van der Waals surface area contributed by atoms with Gasteiger partial charge in [0.25, 0.3) is 0 Å². The van der Waals surface area contributed by atoms with Crippen molar-refractivity contribution < 1.29 is 19.0 Å². The van der Waals surface area contributed by atoms with Crippen LogP contribution >= 0.6 is 0 Å². The van der Waals surface area contributed by atoms with Crippen molar-refractivity contribution >= 4 is 5.91 Å². The molecule has 0 radical (unpaired) electrons. The van der Waals surface area contributed by atoms with Crippen LogP contribution in [0.5, 0.6) is 17.2 Å². The van der Waals surface area contributed by atoms with E-state index >= 15 is 0 Å². The molecule has 1 atom stereocenters. The summed E-state index contributed by atoms with van der Waals surface area (Å²) in [6.07, 6.45) is 0.720. The van der Waals surface area contributed by atoms with E-state index in [1.807, 2.05) is 54.3 Å². The van der Waals surface area contributed by atoms with Gasteiger partial charge >= 0.3 is 0 Å². The molecule has 2 aromatic carbocycles. The first kappa shape index (κ1) is 18.1. The van der Waals surface area contributed by atoms with Crippen LogP contribution in [0.2, 0.25) is 0 Å². The van der Waals surface area contributed by atoms with E-state index in [0.29, 0.717) is 31.2 Å². The highest BCUT2D eigenvalue weighted by molar-refractivity contribution is 5.79. The molecule has 1 unspecified atom stereocenters. The molecular weight excluding hydrogens is 330 g/mol. The Labute approximate surface area is 154 Å². The Kier molecular flexibility index (Phi) is 5.66. The summed E-state index contributed by atoms with van der Waals surface area (Å²) in [5, 5.41) is 0. The highest BCUT2D eigenvalue weighted by Crippen LogP contribution is 2.30. The smallest absolute Gasteiger partial charge is 0.229 e. The van der Waals surface area contributed by atoms with Gasteiger partial charge in [-0.25, -0.2) is 0 Å². The maximum atomic E-state index is 13.0. The molecule has 1 heterocycles. The van der Waals surface area contributed by atoms with Crippen LogP contribution in [-0.4, -0.2) is 38.2 Å². The number of rotatable bonds is 6. The lowest BCUT2D eigenvalue weighted by molar-refractivity contribution is -0.137. The van der Waals surface area contributed by atoms with Crippen molar-refractivity contribution in [1.29, 1.82) is 0 Å². The Hall–Kier alpha value is -2.69. The van der Waals surface area contributed by atoms with Crippen LogP contribution in [-0.2, 0) is 17.8 Å². The first-order chi connectivity index (χ1) is 12.7. The molecule has 0 saturated heterocycles. The predicted molar refractivity (Wildman–Crippen MR) is 99.8 cm³/mol. The molecule has 0 aliphatic carbocycles. The Morgan fingerprint density at radius 3 is 2.65 bits per heavy atom. The Bertz CT molecular complexity index is 774. The van der Waals surface area contributed by atoms with Crippen LogP contribution < -0.4 is 14.2 Å². The van der Waals surface area contributed by atoms with Crippen molar-refractivity contribution in [2.75, 3.05) is 27.4 Å². The number of hydrogen-bond acceptors (Lipinski definition) is 4. The van der Waals surface area contributed by atoms with Crippen molar-refractivity contribution in [2.24, 2.45) is 5.92 Å². The minimum absolute atomic E-state index is 0.122. The van der Waals surface area contributed by atoms with Gasteiger partial charge in [0.1, 0.15) is 12.4 Å². The number of amides is 1. The summed E-state index contributed by atoms with van der Waals surface area (Å²) in [6, 6.07) is 13.7. The summed E-state index contributed by atoms with van der Waals surface area (Å²) in [6.45, 7) is 3.60. The number of ether oxygens (including phenoxy) is 3. The molecule has 3 rings (SSSR count). The van der Waals surface area contributed by atoms with E-state index in [1.165, 1.54) is 0 Å². The van der Waals surface area contributed by atoms with E-state index in [-0.39, 0.29) is 11.8 Å². The lowest BCUT2D eigenvalue weighted by Gasteiger charge is -2.30. The number of hydrogen-bond donors (Lipinski definition) is 0. The van der Waals surface area contributed by atoms with E-state index < -0.39 is 0 Å². The topological polar surface area (TPSA) is 48.0 Å². The van der Waals surface area contributed by atoms with E-state index in [0.717, 1.165) is 23.3 Å². The molecule has 5 heteroatoms. The molecule has 26 heavy (non-hydrogen) atoms. The van der Waals surface area contributed by atoms with Crippen molar-refractivity contribution in [1.82, 2.24) is 4.90 Å². The number of methoxy groups -OCH3 is 2. The number of fused-ring (bicyclic) bond motifs is 1. The Morgan fingerprint density at radius 1 is 1.15 bits per heavy atom. The third-order valence-electron chi connectivity index (χ3n) is 4.74. The largest absolute Gasteiger partial charge is 0.493 e. The molecule has 1 aliphatic rings. The molecular formula is C21H25NO4. The number of carbonyl (C=O) groups excluding carboxylic acids is 1. The zero-order chi connectivity index (χ0) is 18.5. The summed E-state index contributed by atoms with van der Waals surface area (Å²) in [4.78, 5) is 14.9. The normalized spacial score (nSPS) is 15.6. The average Bonchev–Trinajstić information content (AvgIpc) is 2.70. The number of carbonyl (C=O) groups is 1. The summed E-state index contributed by atoms with van der Waals surface area (Å²) >= 11 is 0. The molecule has 2 aromatic rings. The zero-order valence-corrected chi connectivity index (χ0v) is 15.5. The zero-order valence-electron chi connectivity index (χ0n) is 15.5. The highest BCUT2D eigenvalue weighted by atomic mass is 16.5. The van der Waals surface area contributed by atoms with E-state index in [4.69, 9.17) is 14.2 Å². The van der Waals surface area contributed by atoms with E-state index in [2.05, 4.69) is 0 Å². The molecule has 0 N–H and O–H groups in total. The predicted octanol–water partition coefficient (Wildman–Crippen LogP) is 3.30. The fraction of sp³-hybridized carbons (Fsp3) is 0.381. The van der Waals surface area contributed by atoms with Crippen molar-refractivity contribution in [3.05, 3.63) is 53.6 Å². The number of nitrogens with zero attached hydrogens (tertiary/aromatic N) is 1. The molecule has 1 aliphatic heterocycles. The molecule has 0 aromatic heterocycles. The summed E-state index contributed by atoms with van der Waals surface area (Å²) in [5.74, 6) is 2.22. The van der Waals surface area contributed by atoms with E-state index in [1.54, 1.807) is 14.2 Å². The van der Waals surface area contributed by atoms with E-state index in [9.17, 15) is 4.79 Å². The summed E-state index contributed by atoms with van der Waals surface area (Å²) < 4.78 is 16.4. The molecule has 0 spiro atoms. The molecule has 0 bridgehead atoms. The fourth-order valence-electron chi connectivity index (χ4n) is 3.29. The first-order valence-electron chi connectivity index (χ1n) is 8.86. The Balaban J connectivity index is 1.72. The van der Waals surface area contributed by atoms with Gasteiger partial charge < -0.3 is 19.1 Å². The van der Waals surface area contributed by atoms with Crippen molar-refractivity contribution in [3.8, 4) is 17.2 Å². The maximum Gasteiger partial charge on any atom is 0.229 e. The van der Waals surface area contributed by atoms with Gasteiger partial charge in [0, 0.05) is 13.1 Å². The summed E-state index contributed by atoms with van der Waals surface area (Å²) in [7, 11) is 3.22. The highest BCUT2D eigenvalue weighted by Gasteiger charge is 2.29. The van der Waals surface area contributed by atoms with Gasteiger partial charge in [0.2, 0.25) is 5.91 Å². The second-order valence-electron chi connectivity index (χ2n) is 6.36. The second-order valence-corrected chi connectivity index (χ2v) is 6.36. The van der Waals surface area contributed by atoms with Gasteiger partial charge in [-0.15, -0.1) is 0 Å². The first-order valence-corrected chi connectivity index (χ1v) is 8.86. The van der Waals surface area contributed by atoms with Crippen LogP contribution in [0.15, 0.2) is 42.5 Å². The SMILES string of the molecule is CCN(Cc1ccc(OC)c(OC)c1)C(=O)C1COc2ccccc2C1. The van der Waals surface area contributed by atoms with Crippen molar-refractivity contribution in [2.45, 2.75) is 19.9 Å². The van der Waals surface area contributed by atoms with Gasteiger partial charge in [-0.05, 0) is 42.7 Å². The average molecular weight is 355 g/mol.